The summed E-state index contributed by atoms with van der Waals surface area (Å²) in [5, 5.41) is 3.97. The van der Waals surface area contributed by atoms with Gasteiger partial charge in [0.25, 0.3) is 0 Å². The maximum atomic E-state index is 13.2. The van der Waals surface area contributed by atoms with Crippen molar-refractivity contribution in [3.05, 3.63) is 75.0 Å². The zero-order valence-electron chi connectivity index (χ0n) is 19.5. The molecule has 1 aromatic carbocycles. The Kier molecular flexibility index (Phi) is 6.14. The third kappa shape index (κ3) is 4.58. The maximum Gasteiger partial charge on any atom is 0.336 e. The Bertz CT molecular complexity index is 1190. The largest absolute Gasteiger partial charge is 0.486 e. The van der Waals surface area contributed by atoms with E-state index in [4.69, 9.17) is 25.5 Å². The van der Waals surface area contributed by atoms with Gasteiger partial charge in [-0.15, -0.1) is 0 Å². The lowest BCUT2D eigenvalue weighted by Crippen LogP contribution is -2.38. The van der Waals surface area contributed by atoms with E-state index in [1.807, 2.05) is 26.0 Å². The molecule has 1 aliphatic carbocycles. The van der Waals surface area contributed by atoms with Crippen molar-refractivity contribution in [1.82, 2.24) is 5.32 Å². The molecule has 174 valence electrons. The third-order valence-corrected chi connectivity index (χ3v) is 6.55. The molecule has 1 aliphatic heterocycles. The minimum atomic E-state index is -0.621. The highest BCUT2D eigenvalue weighted by Gasteiger charge is 2.44. The topological polar surface area (TPSA) is 77.8 Å². The van der Waals surface area contributed by atoms with Crippen molar-refractivity contribution in [3.8, 4) is 5.75 Å². The van der Waals surface area contributed by atoms with Crippen LogP contribution in [0.1, 0.15) is 56.6 Å². The minimum Gasteiger partial charge on any atom is -0.486 e. The van der Waals surface area contributed by atoms with E-state index >= 15 is 0 Å². The molecule has 0 fully saturated rings. The number of rotatable bonds is 5. The number of benzene rings is 1. The summed E-state index contributed by atoms with van der Waals surface area (Å²) in [4.78, 5) is 25.9. The average Bonchev–Trinajstić information content (AvgIpc) is 3.21. The Balaban J connectivity index is 1.67. The quantitative estimate of drug-likeness (QED) is 0.574. The molecule has 1 aromatic heterocycles. The molecule has 1 atom stereocenters. The Morgan fingerprint density at radius 3 is 2.67 bits per heavy atom. The molecule has 0 amide bonds. The molecule has 2 heterocycles. The van der Waals surface area contributed by atoms with Crippen LogP contribution in [0.4, 0.5) is 0 Å². The van der Waals surface area contributed by atoms with Crippen LogP contribution in [0.5, 0.6) is 5.75 Å². The lowest BCUT2D eigenvalue weighted by molar-refractivity contribution is -0.136. The van der Waals surface area contributed by atoms with Crippen LogP contribution in [-0.2, 0) is 20.9 Å². The van der Waals surface area contributed by atoms with Crippen molar-refractivity contribution >= 4 is 23.4 Å². The van der Waals surface area contributed by atoms with E-state index < -0.39 is 11.9 Å². The first kappa shape index (κ1) is 23.2. The fourth-order valence-electron chi connectivity index (χ4n) is 4.59. The van der Waals surface area contributed by atoms with E-state index in [1.165, 1.54) is 7.11 Å². The second-order valence-electron chi connectivity index (χ2n) is 9.43. The van der Waals surface area contributed by atoms with Crippen LogP contribution in [0.25, 0.3) is 0 Å². The van der Waals surface area contributed by atoms with Gasteiger partial charge in [0.2, 0.25) is 0 Å². The van der Waals surface area contributed by atoms with Crippen LogP contribution in [-0.4, -0.2) is 18.9 Å². The highest BCUT2D eigenvalue weighted by Crippen LogP contribution is 2.47. The average molecular weight is 470 g/mol. The number of methoxy groups -OCH3 is 1. The van der Waals surface area contributed by atoms with E-state index in [9.17, 15) is 9.59 Å². The predicted molar refractivity (Wildman–Crippen MR) is 125 cm³/mol. The number of Topliss-reactive ketones (excluding diaryl/α,β-unsaturated/α-hetero) is 1. The number of esters is 1. The van der Waals surface area contributed by atoms with Crippen LogP contribution < -0.4 is 10.1 Å². The minimum absolute atomic E-state index is 0.0125. The monoisotopic (exact) mass is 469 g/mol. The van der Waals surface area contributed by atoms with E-state index in [1.54, 1.807) is 18.2 Å². The van der Waals surface area contributed by atoms with Gasteiger partial charge in [-0.2, -0.15) is 0 Å². The van der Waals surface area contributed by atoms with E-state index in [2.05, 4.69) is 19.2 Å². The molecule has 7 heteroatoms. The van der Waals surface area contributed by atoms with Crippen LogP contribution in [0, 0.1) is 12.3 Å². The lowest BCUT2D eigenvalue weighted by atomic mass is 9.69. The van der Waals surface area contributed by atoms with Gasteiger partial charge in [0.05, 0.1) is 18.6 Å². The van der Waals surface area contributed by atoms with E-state index in [-0.39, 0.29) is 17.8 Å². The van der Waals surface area contributed by atoms with Gasteiger partial charge in [-0.05, 0) is 61.6 Å². The molecule has 0 spiro atoms. The fourth-order valence-corrected chi connectivity index (χ4v) is 4.71. The Hall–Kier alpha value is -2.99. The van der Waals surface area contributed by atoms with Gasteiger partial charge >= 0.3 is 5.97 Å². The number of nitrogens with one attached hydrogen (secondary N) is 1. The first-order valence-electron chi connectivity index (χ1n) is 10.9. The molecule has 33 heavy (non-hydrogen) atoms. The summed E-state index contributed by atoms with van der Waals surface area (Å²) in [6.45, 7) is 8.08. The van der Waals surface area contributed by atoms with Crippen molar-refractivity contribution in [2.24, 2.45) is 5.41 Å². The molecule has 4 rings (SSSR count). The van der Waals surface area contributed by atoms with Gasteiger partial charge in [-0.25, -0.2) is 4.79 Å². The fraction of sp³-hybridized carbons (Fsp3) is 0.385. The van der Waals surface area contributed by atoms with Crippen LogP contribution in [0.3, 0.4) is 0 Å². The third-order valence-electron chi connectivity index (χ3n) is 6.12. The molecule has 0 saturated heterocycles. The lowest BCUT2D eigenvalue weighted by Gasteiger charge is -2.38. The van der Waals surface area contributed by atoms with Gasteiger partial charge in [-0.3, -0.25) is 4.79 Å². The van der Waals surface area contributed by atoms with Gasteiger partial charge in [0.1, 0.15) is 23.9 Å². The number of hydrogen-bond acceptors (Lipinski definition) is 6. The SMILES string of the molecule is COC(=O)C1=C(C)NC2=C(C(=O)CC(C)(C)C2)[C@@H]1c1ccc(COc2ccc(Cl)c(C)c2)o1. The molecular weight excluding hydrogens is 442 g/mol. The summed E-state index contributed by atoms with van der Waals surface area (Å²) in [6, 6.07) is 9.06. The van der Waals surface area contributed by atoms with Crippen LogP contribution in [0.2, 0.25) is 5.02 Å². The highest BCUT2D eigenvalue weighted by molar-refractivity contribution is 6.31. The number of carbonyl (C=O) groups is 2. The Labute approximate surface area is 198 Å². The summed E-state index contributed by atoms with van der Waals surface area (Å²) in [5.41, 5.74) is 3.25. The smallest absolute Gasteiger partial charge is 0.336 e. The number of carbonyl (C=O) groups excluding carboxylic acids is 2. The molecule has 6 nitrogen and oxygen atoms in total. The molecular formula is C26H28ClNO5. The Morgan fingerprint density at radius 1 is 1.21 bits per heavy atom. The van der Waals surface area contributed by atoms with E-state index in [0.717, 1.165) is 11.3 Å². The first-order chi connectivity index (χ1) is 15.6. The maximum absolute atomic E-state index is 13.2. The van der Waals surface area contributed by atoms with Gasteiger partial charge in [-0.1, -0.05) is 25.4 Å². The molecule has 2 aliphatic rings. The van der Waals surface area contributed by atoms with Gasteiger partial charge < -0.3 is 19.2 Å². The predicted octanol–water partition coefficient (Wildman–Crippen LogP) is 5.60. The van der Waals surface area contributed by atoms with Gasteiger partial charge in [0, 0.05) is 28.4 Å². The summed E-state index contributed by atoms with van der Waals surface area (Å²) < 4.78 is 17.0. The number of halogens is 1. The number of hydrogen-bond donors (Lipinski definition) is 1. The number of allylic oxidation sites excluding steroid dienone is 3. The zero-order chi connectivity index (χ0) is 23.9. The number of ketones is 1. The summed E-state index contributed by atoms with van der Waals surface area (Å²) in [5.74, 6) is 0.686. The first-order valence-corrected chi connectivity index (χ1v) is 11.3. The van der Waals surface area contributed by atoms with Crippen LogP contribution >= 0.6 is 11.6 Å². The Morgan fingerprint density at radius 2 is 1.97 bits per heavy atom. The van der Waals surface area contributed by atoms with E-state index in [0.29, 0.717) is 52.0 Å². The second kappa shape index (κ2) is 8.75. The normalized spacial score (nSPS) is 19.8. The molecule has 0 unspecified atom stereocenters. The summed E-state index contributed by atoms with van der Waals surface area (Å²) in [7, 11) is 1.34. The number of dihydropyridines is 1. The highest BCUT2D eigenvalue weighted by atomic mass is 35.5. The standard InChI is InChI=1S/C26H28ClNO5/c1-14-10-16(6-8-18(14)27)32-13-17-7-9-21(33-17)24-22(25(30)31-5)15(2)28-19-11-26(3,4)12-20(29)23(19)24/h6-10,24,28H,11-13H2,1-5H3/t24-/m1/s1. The second-order valence-corrected chi connectivity index (χ2v) is 9.83. The molecule has 1 N–H and O–H groups in total. The van der Waals surface area contributed by atoms with Crippen molar-refractivity contribution in [2.75, 3.05) is 7.11 Å². The van der Waals surface area contributed by atoms with Gasteiger partial charge in [0.15, 0.2) is 5.78 Å². The zero-order valence-corrected chi connectivity index (χ0v) is 20.3. The summed E-state index contributed by atoms with van der Waals surface area (Å²) >= 11 is 6.08. The van der Waals surface area contributed by atoms with Crippen molar-refractivity contribution < 1.29 is 23.5 Å². The van der Waals surface area contributed by atoms with Crippen molar-refractivity contribution in [2.45, 2.75) is 53.1 Å². The number of furan rings is 1. The molecule has 0 bridgehead atoms. The molecule has 0 radical (unpaired) electrons. The molecule has 0 saturated carbocycles. The number of ether oxygens (including phenoxy) is 2. The molecule has 2 aromatic rings. The summed E-state index contributed by atoms with van der Waals surface area (Å²) in [6.07, 6.45) is 1.12. The van der Waals surface area contributed by atoms with Crippen molar-refractivity contribution in [3.63, 3.8) is 0 Å². The number of aryl methyl sites for hydroxylation is 1. The van der Waals surface area contributed by atoms with Crippen LogP contribution in [0.15, 0.2) is 57.3 Å². The van der Waals surface area contributed by atoms with Crippen molar-refractivity contribution in [1.29, 1.82) is 0 Å².